The maximum absolute atomic E-state index is 13.8. The molecule has 1 atom stereocenters. The molecule has 2 N–H and O–H groups in total. The number of benzene rings is 2. The monoisotopic (exact) mass is 301 g/mol. The van der Waals surface area contributed by atoms with Crippen molar-refractivity contribution in [3.8, 4) is 0 Å². The van der Waals surface area contributed by atoms with E-state index >= 15 is 0 Å². The summed E-state index contributed by atoms with van der Waals surface area (Å²) in [5.74, 6) is -0.953. The van der Waals surface area contributed by atoms with Crippen molar-refractivity contribution in [1.29, 1.82) is 0 Å². The van der Waals surface area contributed by atoms with E-state index in [1.165, 1.54) is 18.2 Å². The molecule has 0 spiro atoms. The van der Waals surface area contributed by atoms with Gasteiger partial charge in [-0.3, -0.25) is 0 Å². The summed E-state index contributed by atoms with van der Waals surface area (Å²) in [6.45, 7) is 0. The third kappa shape index (κ3) is 3.24. The Morgan fingerprint density at radius 3 is 2.47 bits per heavy atom. The molecule has 0 aliphatic heterocycles. The van der Waals surface area contributed by atoms with Crippen LogP contribution in [0.5, 0.6) is 0 Å². The van der Waals surface area contributed by atoms with Gasteiger partial charge in [-0.1, -0.05) is 41.4 Å². The molecule has 100 valence electrons. The Hall–Kier alpha value is -1.16. The van der Waals surface area contributed by atoms with Gasteiger partial charge in [0.25, 0.3) is 0 Å². The average molecular weight is 302 g/mol. The van der Waals surface area contributed by atoms with Crippen molar-refractivity contribution >= 4 is 23.2 Å². The van der Waals surface area contributed by atoms with Gasteiger partial charge < -0.3 is 5.73 Å². The lowest BCUT2D eigenvalue weighted by Gasteiger charge is -2.14. The first kappa shape index (κ1) is 14.3. The summed E-state index contributed by atoms with van der Waals surface area (Å²) in [4.78, 5) is 0. The fraction of sp³-hybridized carbons (Fsp3) is 0.143. The average Bonchev–Trinajstić information content (AvgIpc) is 2.36. The van der Waals surface area contributed by atoms with E-state index in [9.17, 15) is 8.78 Å². The number of hydrogen-bond acceptors (Lipinski definition) is 1. The largest absolute Gasteiger partial charge is 0.324 e. The molecule has 0 radical (unpaired) electrons. The standard InChI is InChI=1S/C14H11Cl2F2N/c15-11-3-1-2-10(14(11)18)13(19)6-8-4-5-9(17)7-12(8)16/h1-5,7,13H,6,19H2. The molecule has 0 aliphatic rings. The molecule has 0 amide bonds. The van der Waals surface area contributed by atoms with Gasteiger partial charge in [0, 0.05) is 16.6 Å². The van der Waals surface area contributed by atoms with E-state index in [0.29, 0.717) is 17.5 Å². The van der Waals surface area contributed by atoms with E-state index in [4.69, 9.17) is 28.9 Å². The molecule has 1 nitrogen and oxygen atoms in total. The Morgan fingerprint density at radius 1 is 1.05 bits per heavy atom. The van der Waals surface area contributed by atoms with Crippen LogP contribution in [0, 0.1) is 11.6 Å². The molecule has 0 saturated carbocycles. The fourth-order valence-corrected chi connectivity index (χ4v) is 2.27. The molecule has 2 aromatic rings. The van der Waals surface area contributed by atoms with Crippen molar-refractivity contribution < 1.29 is 8.78 Å². The van der Waals surface area contributed by atoms with Gasteiger partial charge in [-0.15, -0.1) is 0 Å². The lowest BCUT2D eigenvalue weighted by molar-refractivity contribution is 0.580. The van der Waals surface area contributed by atoms with E-state index in [1.807, 2.05) is 0 Å². The predicted octanol–water partition coefficient (Wildman–Crippen LogP) is 4.51. The second-order valence-electron chi connectivity index (χ2n) is 4.19. The van der Waals surface area contributed by atoms with Crippen LogP contribution in [-0.2, 0) is 6.42 Å². The second kappa shape index (κ2) is 5.87. The molecule has 0 aliphatic carbocycles. The van der Waals surface area contributed by atoms with E-state index in [0.717, 1.165) is 0 Å². The lowest BCUT2D eigenvalue weighted by Crippen LogP contribution is -2.15. The minimum Gasteiger partial charge on any atom is -0.324 e. The summed E-state index contributed by atoms with van der Waals surface area (Å²) in [6.07, 6.45) is 0.302. The molecule has 5 heteroatoms. The zero-order valence-corrected chi connectivity index (χ0v) is 11.3. The number of hydrogen-bond donors (Lipinski definition) is 1. The minimum atomic E-state index is -0.596. The summed E-state index contributed by atoms with van der Waals surface area (Å²) in [5.41, 5.74) is 6.93. The molecule has 0 aromatic heterocycles. The van der Waals surface area contributed by atoms with E-state index in [-0.39, 0.29) is 10.0 Å². The Labute approximate surface area is 119 Å². The van der Waals surface area contributed by atoms with Crippen LogP contribution in [0.25, 0.3) is 0 Å². The highest BCUT2D eigenvalue weighted by molar-refractivity contribution is 6.31. The molecule has 0 fully saturated rings. The summed E-state index contributed by atoms with van der Waals surface area (Å²) in [5, 5.41) is 0.302. The predicted molar refractivity (Wildman–Crippen MR) is 73.5 cm³/mol. The molecule has 2 rings (SSSR count). The highest BCUT2D eigenvalue weighted by atomic mass is 35.5. The van der Waals surface area contributed by atoms with Crippen molar-refractivity contribution in [3.05, 3.63) is 69.2 Å². The van der Waals surface area contributed by atoms with Gasteiger partial charge in [0.1, 0.15) is 11.6 Å². The molecule has 0 heterocycles. The summed E-state index contributed by atoms with van der Waals surface area (Å²) >= 11 is 11.6. The fourth-order valence-electron chi connectivity index (χ4n) is 1.84. The van der Waals surface area contributed by atoms with Gasteiger partial charge in [-0.05, 0) is 30.2 Å². The van der Waals surface area contributed by atoms with E-state index < -0.39 is 17.7 Å². The molecular formula is C14H11Cl2F2N. The van der Waals surface area contributed by atoms with Crippen LogP contribution in [-0.4, -0.2) is 0 Å². The van der Waals surface area contributed by atoms with Gasteiger partial charge in [0.05, 0.1) is 5.02 Å². The topological polar surface area (TPSA) is 26.0 Å². The van der Waals surface area contributed by atoms with Crippen LogP contribution in [0.15, 0.2) is 36.4 Å². The number of nitrogens with two attached hydrogens (primary N) is 1. The molecular weight excluding hydrogens is 291 g/mol. The highest BCUT2D eigenvalue weighted by Crippen LogP contribution is 2.27. The van der Waals surface area contributed by atoms with Crippen molar-refractivity contribution in [2.45, 2.75) is 12.5 Å². The number of rotatable bonds is 3. The van der Waals surface area contributed by atoms with Crippen molar-refractivity contribution in [3.63, 3.8) is 0 Å². The Bertz CT molecular complexity index is 602. The highest BCUT2D eigenvalue weighted by Gasteiger charge is 2.15. The van der Waals surface area contributed by atoms with Crippen molar-refractivity contribution in [1.82, 2.24) is 0 Å². The first-order chi connectivity index (χ1) is 8.99. The van der Waals surface area contributed by atoms with Crippen molar-refractivity contribution in [2.24, 2.45) is 5.73 Å². The minimum absolute atomic E-state index is 0.0261. The SMILES string of the molecule is NC(Cc1ccc(F)cc1Cl)c1cccc(Cl)c1F. The quantitative estimate of drug-likeness (QED) is 0.886. The second-order valence-corrected chi connectivity index (χ2v) is 5.00. The van der Waals surface area contributed by atoms with Gasteiger partial charge in [0.15, 0.2) is 0 Å². The van der Waals surface area contributed by atoms with Gasteiger partial charge >= 0.3 is 0 Å². The Kier molecular flexibility index (Phi) is 4.40. The van der Waals surface area contributed by atoms with Crippen LogP contribution in [0.3, 0.4) is 0 Å². The van der Waals surface area contributed by atoms with Gasteiger partial charge in [-0.2, -0.15) is 0 Å². The molecule has 0 bridgehead atoms. The molecule has 0 saturated heterocycles. The van der Waals surface area contributed by atoms with Gasteiger partial charge in [-0.25, -0.2) is 8.78 Å². The zero-order chi connectivity index (χ0) is 14.0. The Morgan fingerprint density at radius 2 is 1.79 bits per heavy atom. The van der Waals surface area contributed by atoms with E-state index in [2.05, 4.69) is 0 Å². The summed E-state index contributed by atoms with van der Waals surface area (Å²) < 4.78 is 26.7. The summed E-state index contributed by atoms with van der Waals surface area (Å²) in [6, 6.07) is 8.11. The Balaban J connectivity index is 2.25. The molecule has 1 unspecified atom stereocenters. The van der Waals surface area contributed by atoms with Crippen LogP contribution in [0.2, 0.25) is 10.0 Å². The first-order valence-electron chi connectivity index (χ1n) is 5.62. The van der Waals surface area contributed by atoms with Crippen LogP contribution < -0.4 is 5.73 Å². The third-order valence-corrected chi connectivity index (χ3v) is 3.48. The van der Waals surface area contributed by atoms with Crippen LogP contribution in [0.4, 0.5) is 8.78 Å². The van der Waals surface area contributed by atoms with Crippen molar-refractivity contribution in [2.75, 3.05) is 0 Å². The van der Waals surface area contributed by atoms with Gasteiger partial charge in [0.2, 0.25) is 0 Å². The zero-order valence-electron chi connectivity index (χ0n) is 9.84. The molecule has 19 heavy (non-hydrogen) atoms. The normalized spacial score (nSPS) is 12.5. The smallest absolute Gasteiger partial charge is 0.146 e. The summed E-state index contributed by atoms with van der Waals surface area (Å²) in [7, 11) is 0. The first-order valence-corrected chi connectivity index (χ1v) is 6.38. The maximum atomic E-state index is 13.8. The third-order valence-electron chi connectivity index (χ3n) is 2.84. The lowest BCUT2D eigenvalue weighted by atomic mass is 9.99. The number of halogens is 4. The molecule has 2 aromatic carbocycles. The maximum Gasteiger partial charge on any atom is 0.146 e. The van der Waals surface area contributed by atoms with Crippen LogP contribution in [0.1, 0.15) is 17.2 Å². The van der Waals surface area contributed by atoms with E-state index in [1.54, 1.807) is 18.2 Å². The van der Waals surface area contributed by atoms with Crippen LogP contribution >= 0.6 is 23.2 Å².